The van der Waals surface area contributed by atoms with Gasteiger partial charge >= 0.3 is 7.60 Å². The Balaban J connectivity index is 1.58. The van der Waals surface area contributed by atoms with Gasteiger partial charge in [0.15, 0.2) is 23.5 Å². The lowest BCUT2D eigenvalue weighted by Crippen LogP contribution is -2.34. The first kappa shape index (κ1) is 23.5. The van der Waals surface area contributed by atoms with E-state index >= 15 is 0 Å². The maximum Gasteiger partial charge on any atom is 0.353 e. The van der Waals surface area contributed by atoms with Crippen LogP contribution in [0.4, 0.5) is 5.82 Å². The lowest BCUT2D eigenvalue weighted by Gasteiger charge is -2.19. The SMILES string of the molecule is CC(OC[C@H]1O[C@@H](n2ncc3c(NC4CCCC4)nc(CO)nc32)[C@H](O)[C@@H]1O)P(=O)(O)O. The Morgan fingerprint density at radius 3 is 2.66 bits per heavy atom. The van der Waals surface area contributed by atoms with Gasteiger partial charge in [-0.3, -0.25) is 4.57 Å². The van der Waals surface area contributed by atoms with Gasteiger partial charge in [-0.25, -0.2) is 14.6 Å². The highest BCUT2D eigenvalue weighted by Crippen LogP contribution is 2.42. The Hall–Kier alpha value is -1.70. The number of ether oxygens (including phenoxy) is 2. The second-order valence-corrected chi connectivity index (χ2v) is 10.1. The Kier molecular flexibility index (Phi) is 6.80. The molecule has 0 bridgehead atoms. The fourth-order valence-corrected chi connectivity index (χ4v) is 4.28. The summed E-state index contributed by atoms with van der Waals surface area (Å²) in [5.74, 6) is -0.687. The zero-order valence-electron chi connectivity index (χ0n) is 17.5. The van der Waals surface area contributed by atoms with Crippen molar-refractivity contribution >= 4 is 24.4 Å². The average molecular weight is 473 g/mol. The number of hydrogen-bond donors (Lipinski definition) is 6. The second-order valence-electron chi connectivity index (χ2n) is 8.17. The molecular formula is C18H28N5O8P. The van der Waals surface area contributed by atoms with Gasteiger partial charge in [-0.15, -0.1) is 0 Å². The van der Waals surface area contributed by atoms with Crippen molar-refractivity contribution in [2.24, 2.45) is 0 Å². The van der Waals surface area contributed by atoms with Gasteiger partial charge in [-0.2, -0.15) is 5.10 Å². The van der Waals surface area contributed by atoms with Crippen LogP contribution >= 0.6 is 7.60 Å². The number of aliphatic hydroxyl groups excluding tert-OH is 3. The fourth-order valence-electron chi connectivity index (χ4n) is 4.00. The van der Waals surface area contributed by atoms with Gasteiger partial charge < -0.3 is 39.9 Å². The van der Waals surface area contributed by atoms with Crippen molar-refractivity contribution in [3.8, 4) is 0 Å². The number of aliphatic hydroxyl groups is 3. The van der Waals surface area contributed by atoms with Gasteiger partial charge in [-0.05, 0) is 19.8 Å². The third-order valence-corrected chi connectivity index (χ3v) is 6.99. The second kappa shape index (κ2) is 9.27. The predicted octanol–water partition coefficient (Wildman–Crippen LogP) is -0.167. The zero-order valence-corrected chi connectivity index (χ0v) is 18.4. The van der Waals surface area contributed by atoms with Gasteiger partial charge in [0.2, 0.25) is 0 Å². The van der Waals surface area contributed by atoms with E-state index in [1.165, 1.54) is 17.8 Å². The topological polar surface area (TPSA) is 192 Å². The highest BCUT2D eigenvalue weighted by molar-refractivity contribution is 7.52. The molecule has 2 aromatic heterocycles. The Bertz CT molecular complexity index is 993. The first-order chi connectivity index (χ1) is 15.2. The summed E-state index contributed by atoms with van der Waals surface area (Å²) in [7, 11) is -4.46. The minimum absolute atomic E-state index is 0.170. The van der Waals surface area contributed by atoms with Crippen LogP contribution in [0.1, 0.15) is 44.7 Å². The first-order valence-electron chi connectivity index (χ1n) is 10.5. The van der Waals surface area contributed by atoms with E-state index in [1.54, 1.807) is 0 Å². The highest BCUT2D eigenvalue weighted by Gasteiger charge is 2.45. The van der Waals surface area contributed by atoms with Crippen LogP contribution in [0.25, 0.3) is 11.0 Å². The minimum Gasteiger partial charge on any atom is -0.388 e. The maximum atomic E-state index is 11.3. The standard InChI is InChI=1S/C18H28N5O8P/c1-9(32(27,28)29)30-8-12-14(25)15(26)18(31-12)23-17-11(6-19-23)16(21-13(7-24)22-17)20-10-4-2-3-5-10/h6,9-10,12,14-15,18,24-26H,2-5,7-8H2,1H3,(H,20,21,22)(H2,27,28,29)/t9?,12-,14-,15-,18-/m1/s1. The quantitative estimate of drug-likeness (QED) is 0.278. The normalized spacial score (nSPS) is 27.9. The third kappa shape index (κ3) is 4.66. The molecule has 0 amide bonds. The molecule has 2 aliphatic rings. The van der Waals surface area contributed by atoms with Crippen molar-refractivity contribution in [1.29, 1.82) is 0 Å². The molecule has 13 nitrogen and oxygen atoms in total. The van der Waals surface area contributed by atoms with Crippen molar-refractivity contribution in [1.82, 2.24) is 19.7 Å². The van der Waals surface area contributed by atoms with Crippen molar-refractivity contribution < 1.29 is 39.1 Å². The molecule has 3 heterocycles. The zero-order chi connectivity index (χ0) is 23.0. The molecule has 14 heteroatoms. The first-order valence-corrected chi connectivity index (χ1v) is 12.2. The summed E-state index contributed by atoms with van der Waals surface area (Å²) in [6.07, 6.45) is 0.869. The number of fused-ring (bicyclic) bond motifs is 1. The number of rotatable bonds is 8. The van der Waals surface area contributed by atoms with E-state index < -0.39 is 44.6 Å². The third-order valence-electron chi connectivity index (χ3n) is 5.89. The minimum atomic E-state index is -4.46. The maximum absolute atomic E-state index is 11.3. The summed E-state index contributed by atoms with van der Waals surface area (Å²) in [6.45, 7) is 0.475. The van der Waals surface area contributed by atoms with Crippen LogP contribution < -0.4 is 5.32 Å². The molecule has 4 rings (SSSR count). The molecular weight excluding hydrogens is 445 g/mol. The Morgan fingerprint density at radius 1 is 1.28 bits per heavy atom. The Morgan fingerprint density at radius 2 is 2.00 bits per heavy atom. The van der Waals surface area contributed by atoms with Gasteiger partial charge in [0.25, 0.3) is 0 Å². The van der Waals surface area contributed by atoms with E-state index in [-0.39, 0.29) is 18.5 Å². The van der Waals surface area contributed by atoms with E-state index in [0.717, 1.165) is 25.7 Å². The summed E-state index contributed by atoms with van der Waals surface area (Å²) >= 11 is 0. The van der Waals surface area contributed by atoms with E-state index in [0.29, 0.717) is 16.9 Å². The summed E-state index contributed by atoms with van der Waals surface area (Å²) in [6, 6.07) is 0.260. The number of nitrogens with zero attached hydrogens (tertiary/aromatic N) is 4. The molecule has 1 aliphatic heterocycles. The summed E-state index contributed by atoms with van der Waals surface area (Å²) in [5, 5.41) is 38.8. The molecule has 2 fully saturated rings. The van der Waals surface area contributed by atoms with Crippen LogP contribution in [0.2, 0.25) is 0 Å². The van der Waals surface area contributed by atoms with E-state index in [2.05, 4.69) is 20.4 Å². The molecule has 1 saturated heterocycles. The number of aromatic nitrogens is 4. The summed E-state index contributed by atoms with van der Waals surface area (Å²) in [4.78, 5) is 27.0. The molecule has 0 radical (unpaired) electrons. The Labute approximate surface area is 183 Å². The van der Waals surface area contributed by atoms with E-state index in [9.17, 15) is 19.9 Å². The van der Waals surface area contributed by atoms with Crippen LogP contribution in [0.15, 0.2) is 6.20 Å². The molecule has 178 valence electrons. The monoisotopic (exact) mass is 473 g/mol. The molecule has 2 aromatic rings. The van der Waals surface area contributed by atoms with Gasteiger partial charge in [0.05, 0.1) is 18.2 Å². The summed E-state index contributed by atoms with van der Waals surface area (Å²) in [5.41, 5.74) is 0.311. The lowest BCUT2D eigenvalue weighted by molar-refractivity contribution is -0.0742. The number of nitrogens with one attached hydrogen (secondary N) is 1. The molecule has 32 heavy (non-hydrogen) atoms. The van der Waals surface area contributed by atoms with Crippen LogP contribution in [0.3, 0.4) is 0 Å². The van der Waals surface area contributed by atoms with Crippen molar-refractivity contribution in [2.75, 3.05) is 11.9 Å². The van der Waals surface area contributed by atoms with Crippen molar-refractivity contribution in [2.45, 2.75) is 75.6 Å². The molecule has 1 aliphatic carbocycles. The molecule has 0 spiro atoms. The van der Waals surface area contributed by atoms with Crippen LogP contribution in [-0.4, -0.2) is 81.7 Å². The smallest absolute Gasteiger partial charge is 0.353 e. The molecule has 0 aromatic carbocycles. The van der Waals surface area contributed by atoms with Crippen molar-refractivity contribution in [3.63, 3.8) is 0 Å². The van der Waals surface area contributed by atoms with Gasteiger partial charge in [0, 0.05) is 6.04 Å². The average Bonchev–Trinajstić information content (AvgIpc) is 3.47. The highest BCUT2D eigenvalue weighted by atomic mass is 31.2. The lowest BCUT2D eigenvalue weighted by atomic mass is 10.1. The largest absolute Gasteiger partial charge is 0.388 e. The van der Waals surface area contributed by atoms with Crippen LogP contribution in [-0.2, 0) is 20.6 Å². The molecule has 1 saturated carbocycles. The summed E-state index contributed by atoms with van der Waals surface area (Å²) < 4.78 is 23.4. The van der Waals surface area contributed by atoms with Gasteiger partial charge in [-0.1, -0.05) is 12.8 Å². The molecule has 5 atom stereocenters. The van der Waals surface area contributed by atoms with Crippen molar-refractivity contribution in [3.05, 3.63) is 12.0 Å². The van der Waals surface area contributed by atoms with Gasteiger partial charge in [0.1, 0.15) is 30.7 Å². The number of anilines is 1. The predicted molar refractivity (Wildman–Crippen MR) is 111 cm³/mol. The number of hydrogen-bond acceptors (Lipinski definition) is 10. The van der Waals surface area contributed by atoms with Crippen LogP contribution in [0, 0.1) is 0 Å². The van der Waals surface area contributed by atoms with Crippen LogP contribution in [0.5, 0.6) is 0 Å². The molecule has 1 unspecified atom stereocenters. The van der Waals surface area contributed by atoms with E-state index in [1.807, 2.05) is 0 Å². The fraction of sp³-hybridized carbons (Fsp3) is 0.722. The molecule has 6 N–H and O–H groups in total. The van der Waals surface area contributed by atoms with E-state index in [4.69, 9.17) is 19.3 Å².